The molecule has 16 heavy (non-hydrogen) atoms. The van der Waals surface area contributed by atoms with Gasteiger partial charge in [0.2, 0.25) is 0 Å². The highest BCUT2D eigenvalue weighted by Gasteiger charge is 2.08. The van der Waals surface area contributed by atoms with Gasteiger partial charge in [0.1, 0.15) is 11.8 Å². The van der Waals surface area contributed by atoms with Crippen LogP contribution in [0.4, 0.5) is 5.82 Å². The maximum absolute atomic E-state index is 5.72. The number of hydrogen-bond acceptors (Lipinski definition) is 4. The van der Waals surface area contributed by atoms with Crippen molar-refractivity contribution in [1.82, 2.24) is 19.5 Å². The lowest BCUT2D eigenvalue weighted by molar-refractivity contribution is 0.472. The van der Waals surface area contributed by atoms with Crippen LogP contribution in [0.2, 0.25) is 0 Å². The minimum Gasteiger partial charge on any atom is -0.382 e. The van der Waals surface area contributed by atoms with E-state index in [0.29, 0.717) is 11.3 Å². The number of aryl methyl sites for hydroxylation is 1. The molecule has 0 spiro atoms. The highest BCUT2D eigenvalue weighted by molar-refractivity contribution is 5.80. The minimum atomic E-state index is 0.451. The molecule has 0 amide bonds. The standard InChI is InChI=1S/C11H17N5/c1-3-8(2)4-5-16-7-15-9-10(12)13-6-14-11(9)16/h6-8H,3-5H2,1-2H3,(H2,12,13,14). The molecular weight excluding hydrogens is 202 g/mol. The minimum absolute atomic E-state index is 0.451. The van der Waals surface area contributed by atoms with Crippen LogP contribution in [0.25, 0.3) is 11.2 Å². The summed E-state index contributed by atoms with van der Waals surface area (Å²) < 4.78 is 2.04. The van der Waals surface area contributed by atoms with Crippen molar-refractivity contribution in [3.63, 3.8) is 0 Å². The maximum atomic E-state index is 5.72. The Labute approximate surface area is 94.7 Å². The second kappa shape index (κ2) is 4.47. The summed E-state index contributed by atoms with van der Waals surface area (Å²) >= 11 is 0. The van der Waals surface area contributed by atoms with E-state index in [1.807, 2.05) is 4.57 Å². The largest absolute Gasteiger partial charge is 0.382 e. The average molecular weight is 219 g/mol. The van der Waals surface area contributed by atoms with Crippen molar-refractivity contribution in [1.29, 1.82) is 0 Å². The van der Waals surface area contributed by atoms with Crippen molar-refractivity contribution < 1.29 is 0 Å². The molecule has 2 aromatic rings. The van der Waals surface area contributed by atoms with E-state index in [-0.39, 0.29) is 0 Å². The van der Waals surface area contributed by atoms with Gasteiger partial charge in [-0.05, 0) is 12.3 Å². The first-order chi connectivity index (χ1) is 7.72. The summed E-state index contributed by atoms with van der Waals surface area (Å²) in [7, 11) is 0. The molecular formula is C11H17N5. The zero-order chi connectivity index (χ0) is 11.5. The molecule has 5 heteroatoms. The van der Waals surface area contributed by atoms with Gasteiger partial charge >= 0.3 is 0 Å². The van der Waals surface area contributed by atoms with E-state index in [9.17, 15) is 0 Å². The molecule has 2 rings (SSSR count). The van der Waals surface area contributed by atoms with Gasteiger partial charge in [0.25, 0.3) is 0 Å². The van der Waals surface area contributed by atoms with Crippen LogP contribution < -0.4 is 5.73 Å². The second-order valence-corrected chi connectivity index (χ2v) is 4.17. The average Bonchev–Trinajstić information content (AvgIpc) is 2.70. The molecule has 0 fully saturated rings. The number of imidazole rings is 1. The third-order valence-electron chi connectivity index (χ3n) is 2.99. The molecule has 0 aliphatic carbocycles. The maximum Gasteiger partial charge on any atom is 0.165 e. The van der Waals surface area contributed by atoms with Crippen molar-refractivity contribution in [3.05, 3.63) is 12.7 Å². The van der Waals surface area contributed by atoms with Crippen LogP contribution in [0.3, 0.4) is 0 Å². The molecule has 86 valence electrons. The first-order valence-electron chi connectivity index (χ1n) is 5.63. The lowest BCUT2D eigenvalue weighted by Crippen LogP contribution is -2.03. The lowest BCUT2D eigenvalue weighted by Gasteiger charge is -2.08. The number of anilines is 1. The first kappa shape index (κ1) is 10.9. The summed E-state index contributed by atoms with van der Waals surface area (Å²) in [5.74, 6) is 1.17. The van der Waals surface area contributed by atoms with E-state index in [0.717, 1.165) is 24.5 Å². The summed E-state index contributed by atoms with van der Waals surface area (Å²) in [6.07, 6.45) is 5.60. The molecule has 1 unspecified atom stereocenters. The highest BCUT2D eigenvalue weighted by atomic mass is 15.1. The summed E-state index contributed by atoms with van der Waals surface area (Å²) in [6, 6.07) is 0. The fraction of sp³-hybridized carbons (Fsp3) is 0.545. The molecule has 0 aromatic carbocycles. The summed E-state index contributed by atoms with van der Waals surface area (Å²) in [5, 5.41) is 0. The monoisotopic (exact) mass is 219 g/mol. The second-order valence-electron chi connectivity index (χ2n) is 4.17. The van der Waals surface area contributed by atoms with Gasteiger partial charge in [-0.2, -0.15) is 0 Å². The predicted molar refractivity (Wildman–Crippen MR) is 63.8 cm³/mol. The van der Waals surface area contributed by atoms with Crippen molar-refractivity contribution in [3.8, 4) is 0 Å². The Morgan fingerprint density at radius 2 is 2.19 bits per heavy atom. The molecule has 0 radical (unpaired) electrons. The van der Waals surface area contributed by atoms with Crippen molar-refractivity contribution in [2.75, 3.05) is 5.73 Å². The Morgan fingerprint density at radius 3 is 2.94 bits per heavy atom. The number of fused-ring (bicyclic) bond motifs is 1. The molecule has 0 aliphatic rings. The smallest absolute Gasteiger partial charge is 0.165 e. The zero-order valence-electron chi connectivity index (χ0n) is 9.72. The van der Waals surface area contributed by atoms with Gasteiger partial charge in [-0.1, -0.05) is 20.3 Å². The van der Waals surface area contributed by atoms with Gasteiger partial charge in [0, 0.05) is 6.54 Å². The fourth-order valence-electron chi connectivity index (χ4n) is 1.63. The van der Waals surface area contributed by atoms with Gasteiger partial charge in [0.05, 0.1) is 6.33 Å². The number of hydrogen-bond donors (Lipinski definition) is 1. The quantitative estimate of drug-likeness (QED) is 0.851. The third kappa shape index (κ3) is 1.98. The van der Waals surface area contributed by atoms with Crippen molar-refractivity contribution >= 4 is 17.0 Å². The van der Waals surface area contributed by atoms with E-state index in [1.54, 1.807) is 6.33 Å². The van der Waals surface area contributed by atoms with E-state index in [4.69, 9.17) is 5.73 Å². The zero-order valence-corrected chi connectivity index (χ0v) is 9.72. The van der Waals surface area contributed by atoms with Crippen LogP contribution in [0.15, 0.2) is 12.7 Å². The highest BCUT2D eigenvalue weighted by Crippen LogP contribution is 2.16. The SMILES string of the molecule is CCC(C)CCn1cnc2c(N)ncnc21. The molecule has 2 heterocycles. The number of aromatic nitrogens is 4. The topological polar surface area (TPSA) is 69.6 Å². The number of nitrogens with zero attached hydrogens (tertiary/aromatic N) is 4. The molecule has 1 atom stereocenters. The number of nitrogens with two attached hydrogens (primary N) is 1. The Morgan fingerprint density at radius 1 is 1.38 bits per heavy atom. The van der Waals surface area contributed by atoms with Crippen LogP contribution in [0, 0.1) is 5.92 Å². The van der Waals surface area contributed by atoms with Crippen LogP contribution in [0.5, 0.6) is 0 Å². The molecule has 2 aromatic heterocycles. The number of nitrogen functional groups attached to an aromatic ring is 1. The summed E-state index contributed by atoms with van der Waals surface area (Å²) in [6.45, 7) is 5.39. The van der Waals surface area contributed by atoms with Crippen LogP contribution in [-0.4, -0.2) is 19.5 Å². The fourth-order valence-corrected chi connectivity index (χ4v) is 1.63. The van der Waals surface area contributed by atoms with Gasteiger partial charge < -0.3 is 10.3 Å². The molecule has 5 nitrogen and oxygen atoms in total. The van der Waals surface area contributed by atoms with E-state index < -0.39 is 0 Å². The van der Waals surface area contributed by atoms with Gasteiger partial charge in [-0.3, -0.25) is 0 Å². The normalized spacial score (nSPS) is 13.1. The van der Waals surface area contributed by atoms with Crippen LogP contribution in [-0.2, 0) is 6.54 Å². The van der Waals surface area contributed by atoms with Gasteiger partial charge in [-0.15, -0.1) is 0 Å². The van der Waals surface area contributed by atoms with Crippen LogP contribution >= 0.6 is 0 Å². The van der Waals surface area contributed by atoms with Crippen molar-refractivity contribution in [2.24, 2.45) is 5.92 Å². The Kier molecular flexibility index (Phi) is 3.03. The predicted octanol–water partition coefficient (Wildman–Crippen LogP) is 1.84. The Balaban J connectivity index is 2.22. The van der Waals surface area contributed by atoms with E-state index in [1.165, 1.54) is 12.7 Å². The summed E-state index contributed by atoms with van der Waals surface area (Å²) in [4.78, 5) is 12.4. The number of rotatable bonds is 4. The molecule has 0 bridgehead atoms. The molecule has 0 saturated heterocycles. The lowest BCUT2D eigenvalue weighted by atomic mass is 10.1. The van der Waals surface area contributed by atoms with Gasteiger partial charge in [0.15, 0.2) is 11.5 Å². The van der Waals surface area contributed by atoms with E-state index >= 15 is 0 Å². The first-order valence-corrected chi connectivity index (χ1v) is 5.63. The molecule has 0 saturated carbocycles. The Hall–Kier alpha value is -1.65. The molecule has 0 aliphatic heterocycles. The molecule has 2 N–H and O–H groups in total. The van der Waals surface area contributed by atoms with Crippen molar-refractivity contribution in [2.45, 2.75) is 33.2 Å². The Bertz CT molecular complexity index is 476. The van der Waals surface area contributed by atoms with E-state index in [2.05, 4.69) is 28.8 Å². The van der Waals surface area contributed by atoms with Gasteiger partial charge in [-0.25, -0.2) is 15.0 Å². The van der Waals surface area contributed by atoms with Crippen LogP contribution in [0.1, 0.15) is 26.7 Å². The third-order valence-corrected chi connectivity index (χ3v) is 2.99. The summed E-state index contributed by atoms with van der Waals surface area (Å²) in [5.41, 5.74) is 7.25.